The Balaban J connectivity index is 2.13. The summed E-state index contributed by atoms with van der Waals surface area (Å²) in [4.78, 5) is 20.0. The molecule has 0 amide bonds. The smallest absolute Gasteiger partial charge is 0.311 e. The van der Waals surface area contributed by atoms with E-state index in [0.29, 0.717) is 12.2 Å². The molecule has 2 aromatic rings. The number of benzene rings is 1. The summed E-state index contributed by atoms with van der Waals surface area (Å²) in [6, 6.07) is 7.50. The number of ether oxygens (including phenoxy) is 1. The van der Waals surface area contributed by atoms with Gasteiger partial charge in [-0.15, -0.1) is 0 Å². The lowest BCUT2D eigenvalue weighted by molar-refractivity contribution is -0.134. The van der Waals surface area contributed by atoms with E-state index in [1.54, 1.807) is 6.20 Å². The molecule has 0 aliphatic carbocycles. The Hall–Kier alpha value is -2.23. The molecule has 0 saturated carbocycles. The monoisotopic (exact) mass is 284 g/mol. The quantitative estimate of drug-likeness (QED) is 0.458. The molecular formula is C17H20N2O2. The highest BCUT2D eigenvalue weighted by molar-refractivity contribution is 5.74. The first-order chi connectivity index (χ1) is 10.2. The average molecular weight is 284 g/mol. The van der Waals surface area contributed by atoms with Gasteiger partial charge in [0.1, 0.15) is 12.1 Å². The van der Waals surface area contributed by atoms with Crippen LogP contribution in [0, 0.1) is 6.92 Å². The molecule has 0 atom stereocenters. The number of hydrogen-bond donors (Lipinski definition) is 0. The molecule has 1 heterocycles. The molecule has 4 heteroatoms. The topological polar surface area (TPSA) is 52.1 Å². The minimum atomic E-state index is -0.175. The van der Waals surface area contributed by atoms with E-state index in [1.165, 1.54) is 6.33 Å². The van der Waals surface area contributed by atoms with E-state index in [9.17, 15) is 4.79 Å². The second kappa shape index (κ2) is 7.53. The van der Waals surface area contributed by atoms with E-state index in [2.05, 4.69) is 16.9 Å². The predicted molar refractivity (Wildman–Crippen MR) is 82.0 cm³/mol. The molecule has 21 heavy (non-hydrogen) atoms. The number of nitrogens with zero attached hydrogens (tertiary/aromatic N) is 2. The lowest BCUT2D eigenvalue weighted by Crippen LogP contribution is -2.08. The molecule has 1 aromatic carbocycles. The minimum absolute atomic E-state index is 0.175. The van der Waals surface area contributed by atoms with Gasteiger partial charge in [-0.25, -0.2) is 9.97 Å². The van der Waals surface area contributed by atoms with Crippen molar-refractivity contribution in [3.05, 3.63) is 42.4 Å². The maximum atomic E-state index is 11.8. The van der Waals surface area contributed by atoms with Crippen LogP contribution in [0.3, 0.4) is 0 Å². The van der Waals surface area contributed by atoms with Crippen molar-refractivity contribution in [2.45, 2.75) is 39.5 Å². The molecule has 2 rings (SSSR count). The van der Waals surface area contributed by atoms with Gasteiger partial charge in [0.25, 0.3) is 0 Å². The van der Waals surface area contributed by atoms with Gasteiger partial charge in [-0.05, 0) is 25.5 Å². The highest BCUT2D eigenvalue weighted by Gasteiger charge is 2.11. The molecule has 0 fully saturated rings. The third-order valence-electron chi connectivity index (χ3n) is 3.35. The highest BCUT2D eigenvalue weighted by atomic mass is 16.5. The zero-order valence-electron chi connectivity index (χ0n) is 12.5. The first kappa shape index (κ1) is 15.2. The number of carbonyl (C=O) groups excluding carboxylic acids is 1. The maximum Gasteiger partial charge on any atom is 0.311 e. The van der Waals surface area contributed by atoms with Crippen LogP contribution in [0.2, 0.25) is 0 Å². The summed E-state index contributed by atoms with van der Waals surface area (Å²) in [7, 11) is 0. The first-order valence-electron chi connectivity index (χ1n) is 7.29. The van der Waals surface area contributed by atoms with E-state index in [1.807, 2.05) is 31.2 Å². The van der Waals surface area contributed by atoms with E-state index in [0.717, 1.165) is 36.1 Å². The van der Waals surface area contributed by atoms with Gasteiger partial charge in [0.15, 0.2) is 0 Å². The minimum Gasteiger partial charge on any atom is -0.426 e. The first-order valence-corrected chi connectivity index (χ1v) is 7.29. The number of esters is 1. The third kappa shape index (κ3) is 4.12. The Labute approximate surface area is 125 Å². The SMILES string of the molecule is CCCCCC(=O)Oc1cccc(-c2ccncn2)c1C. The molecular weight excluding hydrogens is 264 g/mol. The lowest BCUT2D eigenvalue weighted by atomic mass is 10.0. The van der Waals surface area contributed by atoms with Gasteiger partial charge < -0.3 is 4.74 Å². The van der Waals surface area contributed by atoms with Crippen LogP contribution in [0.15, 0.2) is 36.8 Å². The second-order valence-electron chi connectivity index (χ2n) is 4.95. The standard InChI is InChI=1S/C17H20N2O2/c1-3-4-5-9-17(20)21-16-8-6-7-14(13(16)2)15-10-11-18-12-19-15/h6-8,10-12H,3-5,9H2,1-2H3. The summed E-state index contributed by atoms with van der Waals surface area (Å²) in [5.41, 5.74) is 2.70. The molecule has 0 bridgehead atoms. The van der Waals surface area contributed by atoms with Gasteiger partial charge in [-0.2, -0.15) is 0 Å². The number of aromatic nitrogens is 2. The Morgan fingerprint density at radius 2 is 2.10 bits per heavy atom. The molecule has 110 valence electrons. The van der Waals surface area contributed by atoms with Crippen molar-refractivity contribution in [1.82, 2.24) is 9.97 Å². The Kier molecular flexibility index (Phi) is 5.43. The lowest BCUT2D eigenvalue weighted by Gasteiger charge is -2.11. The van der Waals surface area contributed by atoms with Crippen LogP contribution in [0.4, 0.5) is 0 Å². The average Bonchev–Trinajstić information content (AvgIpc) is 2.50. The molecule has 0 aliphatic rings. The molecule has 0 N–H and O–H groups in total. The molecule has 0 saturated heterocycles. The van der Waals surface area contributed by atoms with Gasteiger partial charge in [0, 0.05) is 23.7 Å². The molecule has 1 aromatic heterocycles. The predicted octanol–water partition coefficient (Wildman–Crippen LogP) is 3.94. The molecule has 0 aliphatic heterocycles. The zero-order valence-corrected chi connectivity index (χ0v) is 12.5. The summed E-state index contributed by atoms with van der Waals surface area (Å²) in [6.45, 7) is 4.05. The van der Waals surface area contributed by atoms with Gasteiger partial charge in [0.05, 0.1) is 5.69 Å². The van der Waals surface area contributed by atoms with E-state index >= 15 is 0 Å². The van der Waals surface area contributed by atoms with Crippen LogP contribution in [-0.2, 0) is 4.79 Å². The van der Waals surface area contributed by atoms with Gasteiger partial charge in [-0.1, -0.05) is 31.9 Å². The Bertz CT molecular complexity index is 597. The fourth-order valence-electron chi connectivity index (χ4n) is 2.15. The molecule has 0 radical (unpaired) electrons. The van der Waals surface area contributed by atoms with Crippen molar-refractivity contribution >= 4 is 5.97 Å². The van der Waals surface area contributed by atoms with E-state index < -0.39 is 0 Å². The number of carbonyl (C=O) groups is 1. The van der Waals surface area contributed by atoms with Crippen molar-refractivity contribution < 1.29 is 9.53 Å². The molecule has 0 unspecified atom stereocenters. The second-order valence-corrected chi connectivity index (χ2v) is 4.95. The third-order valence-corrected chi connectivity index (χ3v) is 3.35. The largest absolute Gasteiger partial charge is 0.426 e. The number of hydrogen-bond acceptors (Lipinski definition) is 4. The van der Waals surface area contributed by atoms with E-state index in [4.69, 9.17) is 4.74 Å². The molecule has 4 nitrogen and oxygen atoms in total. The van der Waals surface area contributed by atoms with Crippen LogP contribution in [0.5, 0.6) is 5.75 Å². The summed E-state index contributed by atoms with van der Waals surface area (Å²) in [5.74, 6) is 0.430. The fourth-order valence-corrected chi connectivity index (χ4v) is 2.15. The summed E-state index contributed by atoms with van der Waals surface area (Å²) >= 11 is 0. The number of unbranched alkanes of at least 4 members (excludes halogenated alkanes) is 2. The maximum absolute atomic E-state index is 11.8. The Morgan fingerprint density at radius 3 is 2.81 bits per heavy atom. The Morgan fingerprint density at radius 1 is 1.24 bits per heavy atom. The van der Waals surface area contributed by atoms with Crippen LogP contribution >= 0.6 is 0 Å². The summed E-state index contributed by atoms with van der Waals surface area (Å²) in [6.07, 6.45) is 6.69. The van der Waals surface area contributed by atoms with Crippen molar-refractivity contribution in [1.29, 1.82) is 0 Å². The number of rotatable bonds is 6. The summed E-state index contributed by atoms with van der Waals surface area (Å²) < 4.78 is 5.47. The van der Waals surface area contributed by atoms with Crippen LogP contribution in [0.1, 0.15) is 38.2 Å². The van der Waals surface area contributed by atoms with Crippen LogP contribution < -0.4 is 4.74 Å². The van der Waals surface area contributed by atoms with Crippen molar-refractivity contribution in [2.75, 3.05) is 0 Å². The highest BCUT2D eigenvalue weighted by Crippen LogP contribution is 2.28. The van der Waals surface area contributed by atoms with E-state index in [-0.39, 0.29) is 5.97 Å². The van der Waals surface area contributed by atoms with Crippen molar-refractivity contribution in [3.63, 3.8) is 0 Å². The van der Waals surface area contributed by atoms with Crippen LogP contribution in [0.25, 0.3) is 11.3 Å². The van der Waals surface area contributed by atoms with Gasteiger partial charge in [-0.3, -0.25) is 4.79 Å². The van der Waals surface area contributed by atoms with Gasteiger partial charge in [0.2, 0.25) is 0 Å². The zero-order chi connectivity index (χ0) is 15.1. The van der Waals surface area contributed by atoms with Gasteiger partial charge >= 0.3 is 5.97 Å². The van der Waals surface area contributed by atoms with Crippen LogP contribution in [-0.4, -0.2) is 15.9 Å². The van der Waals surface area contributed by atoms with Crippen molar-refractivity contribution in [2.24, 2.45) is 0 Å². The normalized spacial score (nSPS) is 10.4. The van der Waals surface area contributed by atoms with Crippen molar-refractivity contribution in [3.8, 4) is 17.0 Å². The molecule has 0 spiro atoms. The summed E-state index contributed by atoms with van der Waals surface area (Å²) in [5, 5.41) is 0. The fraction of sp³-hybridized carbons (Fsp3) is 0.353.